The van der Waals surface area contributed by atoms with Crippen molar-refractivity contribution in [2.75, 3.05) is 39.8 Å². The van der Waals surface area contributed by atoms with Gasteiger partial charge in [-0.1, -0.05) is 38.1 Å². The van der Waals surface area contributed by atoms with Gasteiger partial charge in [0.05, 0.1) is 19.6 Å². The minimum atomic E-state index is -0.0816. The molecule has 1 unspecified atom stereocenters. The second-order valence-corrected chi connectivity index (χ2v) is 8.78. The lowest BCUT2D eigenvalue weighted by molar-refractivity contribution is -0.146. The predicted molar refractivity (Wildman–Crippen MR) is 121 cm³/mol. The first-order chi connectivity index (χ1) is 14.5. The quantitative estimate of drug-likeness (QED) is 0.441. The number of hydrogen-bond donors (Lipinski definition) is 1. The van der Waals surface area contributed by atoms with E-state index in [1.165, 1.54) is 18.2 Å². The van der Waals surface area contributed by atoms with Crippen LogP contribution >= 0.6 is 0 Å². The number of guanidine groups is 1. The molecule has 2 aliphatic heterocycles. The molecule has 6 nitrogen and oxygen atoms in total. The van der Waals surface area contributed by atoms with Crippen LogP contribution in [0.25, 0.3) is 0 Å². The highest BCUT2D eigenvalue weighted by Gasteiger charge is 2.28. The fraction of sp³-hybridized carbons (Fsp3) is 0.667. The van der Waals surface area contributed by atoms with E-state index in [-0.39, 0.29) is 11.9 Å². The van der Waals surface area contributed by atoms with Gasteiger partial charge in [0.25, 0.3) is 0 Å². The van der Waals surface area contributed by atoms with Crippen LogP contribution in [0.5, 0.6) is 0 Å². The minimum Gasteiger partial charge on any atom is -0.469 e. The second kappa shape index (κ2) is 10.8. The fourth-order valence-corrected chi connectivity index (χ4v) is 4.65. The van der Waals surface area contributed by atoms with E-state index in [1.54, 1.807) is 0 Å². The Labute approximate surface area is 181 Å². The highest BCUT2D eigenvalue weighted by atomic mass is 16.5. The molecule has 2 heterocycles. The summed E-state index contributed by atoms with van der Waals surface area (Å²) in [7, 11) is 1.48. The van der Waals surface area contributed by atoms with E-state index in [2.05, 4.69) is 60.2 Å². The Morgan fingerprint density at radius 3 is 2.53 bits per heavy atom. The highest BCUT2D eigenvalue weighted by molar-refractivity contribution is 5.80. The minimum absolute atomic E-state index is 0.0194. The van der Waals surface area contributed by atoms with Crippen LogP contribution in [0, 0.1) is 11.8 Å². The maximum Gasteiger partial charge on any atom is 0.308 e. The van der Waals surface area contributed by atoms with E-state index in [4.69, 9.17) is 9.73 Å². The predicted octanol–water partition coefficient (Wildman–Crippen LogP) is 2.92. The number of methoxy groups -OCH3 is 1. The molecule has 0 aromatic heterocycles. The van der Waals surface area contributed by atoms with Gasteiger partial charge in [-0.15, -0.1) is 0 Å². The normalized spacial score (nSPS) is 19.5. The Morgan fingerprint density at radius 1 is 1.20 bits per heavy atom. The Hall–Kier alpha value is -2.08. The third kappa shape index (κ3) is 5.54. The van der Waals surface area contributed by atoms with Crippen LogP contribution in [0.3, 0.4) is 0 Å². The van der Waals surface area contributed by atoms with Crippen molar-refractivity contribution in [1.82, 2.24) is 15.1 Å². The van der Waals surface area contributed by atoms with Gasteiger partial charge in [0.1, 0.15) is 0 Å². The van der Waals surface area contributed by atoms with Crippen molar-refractivity contribution in [3.8, 4) is 0 Å². The maximum atomic E-state index is 11.8. The first-order valence-corrected chi connectivity index (χ1v) is 11.4. The summed E-state index contributed by atoms with van der Waals surface area (Å²) in [6.45, 7) is 12.1. The van der Waals surface area contributed by atoms with Gasteiger partial charge in [-0.05, 0) is 43.2 Å². The molecular weight excluding hydrogens is 376 g/mol. The molecule has 0 amide bonds. The fourth-order valence-electron chi connectivity index (χ4n) is 4.65. The molecule has 1 N–H and O–H groups in total. The number of piperidine rings is 1. The van der Waals surface area contributed by atoms with E-state index in [0.717, 1.165) is 64.5 Å². The van der Waals surface area contributed by atoms with Crippen molar-refractivity contribution in [3.63, 3.8) is 0 Å². The molecule has 2 aliphatic rings. The largest absolute Gasteiger partial charge is 0.469 e. The van der Waals surface area contributed by atoms with Gasteiger partial charge in [0, 0.05) is 38.8 Å². The second-order valence-electron chi connectivity index (χ2n) is 8.78. The van der Waals surface area contributed by atoms with Crippen LogP contribution < -0.4 is 5.32 Å². The summed E-state index contributed by atoms with van der Waals surface area (Å²) in [6.07, 6.45) is 2.77. The van der Waals surface area contributed by atoms with Gasteiger partial charge in [-0.3, -0.25) is 14.7 Å². The van der Waals surface area contributed by atoms with Crippen molar-refractivity contribution in [2.45, 2.75) is 52.6 Å². The molecule has 0 bridgehead atoms. The smallest absolute Gasteiger partial charge is 0.308 e. The summed E-state index contributed by atoms with van der Waals surface area (Å²) in [5.41, 5.74) is 2.94. The molecule has 0 aliphatic carbocycles. The molecule has 0 spiro atoms. The number of carbonyl (C=O) groups excluding carboxylic acids is 1. The number of rotatable bonds is 6. The average molecular weight is 415 g/mol. The molecule has 1 fully saturated rings. The van der Waals surface area contributed by atoms with E-state index in [9.17, 15) is 4.79 Å². The number of fused-ring (bicyclic) bond motifs is 1. The Kier molecular flexibility index (Phi) is 8.14. The molecule has 6 heteroatoms. The van der Waals surface area contributed by atoms with E-state index < -0.39 is 0 Å². The van der Waals surface area contributed by atoms with Crippen molar-refractivity contribution in [2.24, 2.45) is 16.8 Å². The summed E-state index contributed by atoms with van der Waals surface area (Å²) in [5.74, 6) is 1.45. The SMILES string of the molecule is CCNC(=NCC(C(C)C)N1CCc2ccccc2C1)N1CCC(C(=O)OC)CC1. The zero-order valence-electron chi connectivity index (χ0n) is 19.1. The van der Waals surface area contributed by atoms with Crippen molar-refractivity contribution < 1.29 is 9.53 Å². The van der Waals surface area contributed by atoms with E-state index in [1.807, 2.05) is 0 Å². The lowest BCUT2D eigenvalue weighted by atomic mass is 9.95. The molecule has 0 saturated carbocycles. The molecule has 1 atom stereocenters. The van der Waals surface area contributed by atoms with Crippen LogP contribution in [0.4, 0.5) is 0 Å². The number of benzene rings is 1. The van der Waals surface area contributed by atoms with Crippen LogP contribution in [0.15, 0.2) is 29.3 Å². The standard InChI is InChI=1S/C24H38N4O2/c1-5-25-24(27-13-11-20(12-14-27)23(29)30-4)26-16-22(18(2)3)28-15-10-19-8-6-7-9-21(19)17-28/h6-9,18,20,22H,5,10-17H2,1-4H3,(H,25,26). The van der Waals surface area contributed by atoms with Crippen LogP contribution in [-0.2, 0) is 22.5 Å². The lowest BCUT2D eigenvalue weighted by Crippen LogP contribution is -2.48. The number of esters is 1. The highest BCUT2D eigenvalue weighted by Crippen LogP contribution is 2.24. The number of carbonyl (C=O) groups is 1. The average Bonchev–Trinajstić information content (AvgIpc) is 2.77. The summed E-state index contributed by atoms with van der Waals surface area (Å²) < 4.78 is 4.92. The monoisotopic (exact) mass is 414 g/mol. The molecule has 0 radical (unpaired) electrons. The molecule has 166 valence electrons. The molecular formula is C24H38N4O2. The maximum absolute atomic E-state index is 11.8. The summed E-state index contributed by atoms with van der Waals surface area (Å²) in [4.78, 5) is 21.8. The number of ether oxygens (including phenoxy) is 1. The first-order valence-electron chi connectivity index (χ1n) is 11.4. The molecule has 3 rings (SSSR count). The first kappa shape index (κ1) is 22.6. The van der Waals surface area contributed by atoms with Gasteiger partial charge in [-0.2, -0.15) is 0 Å². The summed E-state index contributed by atoms with van der Waals surface area (Å²) >= 11 is 0. The lowest BCUT2D eigenvalue weighted by Gasteiger charge is -2.38. The topological polar surface area (TPSA) is 57.2 Å². The third-order valence-corrected chi connectivity index (χ3v) is 6.49. The Morgan fingerprint density at radius 2 is 1.90 bits per heavy atom. The van der Waals surface area contributed by atoms with Crippen LogP contribution in [0.1, 0.15) is 44.7 Å². The number of hydrogen-bond acceptors (Lipinski definition) is 4. The number of nitrogens with zero attached hydrogens (tertiary/aromatic N) is 3. The summed E-state index contributed by atoms with van der Waals surface area (Å²) in [6, 6.07) is 9.23. The summed E-state index contributed by atoms with van der Waals surface area (Å²) in [5, 5.41) is 3.46. The zero-order chi connectivity index (χ0) is 21.5. The van der Waals surface area contributed by atoms with E-state index >= 15 is 0 Å². The molecule has 1 saturated heterocycles. The number of likely N-dealkylation sites (tertiary alicyclic amines) is 1. The zero-order valence-corrected chi connectivity index (χ0v) is 19.1. The van der Waals surface area contributed by atoms with Gasteiger partial charge < -0.3 is 15.0 Å². The van der Waals surface area contributed by atoms with Gasteiger partial charge in [-0.25, -0.2) is 0 Å². The Balaban J connectivity index is 1.65. The number of aliphatic imine (C=N–C) groups is 1. The molecule has 30 heavy (non-hydrogen) atoms. The van der Waals surface area contributed by atoms with Gasteiger partial charge in [0.15, 0.2) is 5.96 Å². The number of nitrogens with one attached hydrogen (secondary N) is 1. The molecule has 1 aromatic rings. The van der Waals surface area contributed by atoms with Crippen molar-refractivity contribution in [1.29, 1.82) is 0 Å². The van der Waals surface area contributed by atoms with E-state index in [0.29, 0.717) is 12.0 Å². The van der Waals surface area contributed by atoms with Gasteiger partial charge >= 0.3 is 5.97 Å². The third-order valence-electron chi connectivity index (χ3n) is 6.49. The Bertz CT molecular complexity index is 726. The van der Waals surface area contributed by atoms with Crippen molar-refractivity contribution >= 4 is 11.9 Å². The van der Waals surface area contributed by atoms with Crippen LogP contribution in [-0.4, -0.2) is 67.6 Å². The molecule has 1 aromatic carbocycles. The van der Waals surface area contributed by atoms with Crippen molar-refractivity contribution in [3.05, 3.63) is 35.4 Å². The van der Waals surface area contributed by atoms with Crippen LogP contribution in [0.2, 0.25) is 0 Å². The van der Waals surface area contributed by atoms with Gasteiger partial charge in [0.2, 0.25) is 0 Å².